The number of aromatic nitrogens is 1. The Hall–Kier alpha value is -3.48. The maximum atomic E-state index is 13.3. The number of anilines is 1. The van der Waals surface area contributed by atoms with Crippen molar-refractivity contribution in [3.05, 3.63) is 94.6 Å². The number of phenols is 1. The summed E-state index contributed by atoms with van der Waals surface area (Å²) >= 11 is 7.51. The maximum absolute atomic E-state index is 13.3. The molecule has 4 aromatic rings. The molecule has 1 aliphatic rings. The number of aromatic hydroxyl groups is 1. The molecule has 0 radical (unpaired) electrons. The highest BCUT2D eigenvalue weighted by atomic mass is 35.5. The van der Waals surface area contributed by atoms with Crippen LogP contribution in [0.15, 0.2) is 83.5 Å². The zero-order valence-electron chi connectivity index (χ0n) is 15.5. The van der Waals surface area contributed by atoms with Crippen molar-refractivity contribution in [3.63, 3.8) is 0 Å². The first-order chi connectivity index (χ1) is 14.6. The third-order valence-electron chi connectivity index (χ3n) is 4.62. The first-order valence-corrected chi connectivity index (χ1v) is 10.3. The average Bonchev–Trinajstić information content (AvgIpc) is 3.30. The van der Waals surface area contributed by atoms with E-state index in [2.05, 4.69) is 9.98 Å². The number of hydrogen-bond acceptors (Lipinski definition) is 5. The molecule has 5 rings (SSSR count). The van der Waals surface area contributed by atoms with Gasteiger partial charge < -0.3 is 5.11 Å². The number of aliphatic imine (C=N–C) groups is 1. The molecule has 1 aromatic heterocycles. The Morgan fingerprint density at radius 3 is 2.53 bits per heavy atom. The minimum Gasteiger partial charge on any atom is -0.508 e. The molecule has 146 valence electrons. The van der Waals surface area contributed by atoms with E-state index in [-0.39, 0.29) is 11.7 Å². The lowest BCUT2D eigenvalue weighted by Gasteiger charge is -2.14. The van der Waals surface area contributed by atoms with Gasteiger partial charge in [0.2, 0.25) is 0 Å². The molecule has 1 aliphatic heterocycles. The van der Waals surface area contributed by atoms with Crippen LogP contribution in [0.25, 0.3) is 16.3 Å². The second-order valence-corrected chi connectivity index (χ2v) is 8.12. The fourth-order valence-corrected chi connectivity index (χ4v) is 4.30. The molecule has 1 N–H and O–H groups in total. The third-order valence-corrected chi connectivity index (χ3v) is 5.88. The SMILES string of the molecule is O=C1/C(=C/c2ccc(O)cc2)N=C(c2ccccc2)N1c1nc2cc(Cl)ccc2s1. The molecule has 30 heavy (non-hydrogen) atoms. The summed E-state index contributed by atoms with van der Waals surface area (Å²) in [6.45, 7) is 0. The van der Waals surface area contributed by atoms with E-state index in [1.54, 1.807) is 47.4 Å². The van der Waals surface area contributed by atoms with Crippen LogP contribution in [-0.4, -0.2) is 21.8 Å². The van der Waals surface area contributed by atoms with Gasteiger partial charge in [0.15, 0.2) is 5.13 Å². The molecule has 7 heteroatoms. The van der Waals surface area contributed by atoms with Crippen molar-refractivity contribution < 1.29 is 9.90 Å². The molecule has 5 nitrogen and oxygen atoms in total. The monoisotopic (exact) mass is 431 g/mol. The van der Waals surface area contributed by atoms with E-state index in [9.17, 15) is 9.90 Å². The summed E-state index contributed by atoms with van der Waals surface area (Å²) in [6, 6.07) is 21.6. The lowest BCUT2D eigenvalue weighted by atomic mass is 10.2. The molecule has 1 amide bonds. The minimum absolute atomic E-state index is 0.165. The highest BCUT2D eigenvalue weighted by Crippen LogP contribution is 2.35. The molecule has 2 heterocycles. The van der Waals surface area contributed by atoms with Crippen LogP contribution in [0, 0.1) is 0 Å². The van der Waals surface area contributed by atoms with Gasteiger partial charge in [0.25, 0.3) is 5.91 Å². The number of thiazole rings is 1. The first kappa shape index (κ1) is 18.5. The van der Waals surface area contributed by atoms with Crippen LogP contribution in [0.5, 0.6) is 5.75 Å². The summed E-state index contributed by atoms with van der Waals surface area (Å²) in [5, 5.41) is 10.6. The third kappa shape index (κ3) is 3.36. The Bertz CT molecular complexity index is 1330. The summed E-state index contributed by atoms with van der Waals surface area (Å²) in [5.74, 6) is 0.431. The highest BCUT2D eigenvalue weighted by molar-refractivity contribution is 7.22. The van der Waals surface area contributed by atoms with Crippen LogP contribution in [-0.2, 0) is 4.79 Å². The normalized spacial score (nSPS) is 15.2. The molecular formula is C23H14ClN3O2S. The van der Waals surface area contributed by atoms with Crippen LogP contribution in [0.1, 0.15) is 11.1 Å². The van der Waals surface area contributed by atoms with Crippen molar-refractivity contribution in [2.45, 2.75) is 0 Å². The molecule has 0 unspecified atom stereocenters. The first-order valence-electron chi connectivity index (χ1n) is 9.14. The summed E-state index contributed by atoms with van der Waals surface area (Å²) in [7, 11) is 0. The predicted octanol–water partition coefficient (Wildman–Crippen LogP) is 5.49. The number of nitrogens with zero attached hydrogens (tertiary/aromatic N) is 3. The Labute approximate surface area is 181 Å². The van der Waals surface area contributed by atoms with E-state index >= 15 is 0 Å². The van der Waals surface area contributed by atoms with E-state index in [0.717, 1.165) is 21.3 Å². The number of benzene rings is 3. The van der Waals surface area contributed by atoms with Gasteiger partial charge in [-0.25, -0.2) is 14.9 Å². The smallest absolute Gasteiger partial charge is 0.284 e. The van der Waals surface area contributed by atoms with Gasteiger partial charge in [0.1, 0.15) is 17.3 Å². The molecule has 0 saturated carbocycles. The number of carbonyl (C=O) groups is 1. The maximum Gasteiger partial charge on any atom is 0.284 e. The quantitative estimate of drug-likeness (QED) is 0.436. The lowest BCUT2D eigenvalue weighted by Crippen LogP contribution is -2.32. The van der Waals surface area contributed by atoms with Crippen molar-refractivity contribution in [1.29, 1.82) is 0 Å². The summed E-state index contributed by atoms with van der Waals surface area (Å²) in [6.07, 6.45) is 1.70. The molecule has 0 bridgehead atoms. The fraction of sp³-hybridized carbons (Fsp3) is 0. The number of carbonyl (C=O) groups excluding carboxylic acids is 1. The number of amidine groups is 1. The Morgan fingerprint density at radius 1 is 1.00 bits per heavy atom. The largest absolute Gasteiger partial charge is 0.508 e. The molecular weight excluding hydrogens is 418 g/mol. The van der Waals surface area contributed by atoms with Gasteiger partial charge in [0, 0.05) is 10.6 Å². The molecule has 0 spiro atoms. The van der Waals surface area contributed by atoms with Crippen molar-refractivity contribution >= 4 is 56.1 Å². The number of phenolic OH excluding ortho intramolecular Hbond substituents is 1. The second kappa shape index (κ2) is 7.40. The number of halogens is 1. The van der Waals surface area contributed by atoms with Gasteiger partial charge in [-0.15, -0.1) is 0 Å². The molecule has 0 fully saturated rings. The van der Waals surface area contributed by atoms with E-state index in [1.807, 2.05) is 36.4 Å². The van der Waals surface area contributed by atoms with E-state index in [1.165, 1.54) is 11.3 Å². The Kier molecular flexibility index (Phi) is 4.58. The molecule has 0 atom stereocenters. The number of rotatable bonds is 3. The summed E-state index contributed by atoms with van der Waals surface area (Å²) in [5.41, 5.74) is 2.62. The fourth-order valence-electron chi connectivity index (χ4n) is 3.19. The van der Waals surface area contributed by atoms with Gasteiger partial charge >= 0.3 is 0 Å². The van der Waals surface area contributed by atoms with Crippen molar-refractivity contribution in [1.82, 2.24) is 4.98 Å². The van der Waals surface area contributed by atoms with E-state index in [0.29, 0.717) is 21.7 Å². The van der Waals surface area contributed by atoms with Crippen LogP contribution >= 0.6 is 22.9 Å². The van der Waals surface area contributed by atoms with Crippen LogP contribution < -0.4 is 4.90 Å². The van der Waals surface area contributed by atoms with Crippen LogP contribution in [0.4, 0.5) is 5.13 Å². The molecule has 3 aromatic carbocycles. The average molecular weight is 432 g/mol. The van der Waals surface area contributed by atoms with Gasteiger partial charge in [0.05, 0.1) is 10.2 Å². The van der Waals surface area contributed by atoms with E-state index in [4.69, 9.17) is 11.6 Å². The topological polar surface area (TPSA) is 65.8 Å². The van der Waals surface area contributed by atoms with Gasteiger partial charge in [-0.05, 0) is 42.0 Å². The van der Waals surface area contributed by atoms with Crippen molar-refractivity contribution in [3.8, 4) is 5.75 Å². The number of amides is 1. The molecule has 0 saturated heterocycles. The van der Waals surface area contributed by atoms with Gasteiger partial charge in [-0.2, -0.15) is 0 Å². The number of hydrogen-bond donors (Lipinski definition) is 1. The Balaban J connectivity index is 1.63. The zero-order chi connectivity index (χ0) is 20.7. The van der Waals surface area contributed by atoms with E-state index < -0.39 is 0 Å². The summed E-state index contributed by atoms with van der Waals surface area (Å²) < 4.78 is 0.936. The standard InChI is InChI=1S/C23H14ClN3O2S/c24-16-8-11-20-18(13-16)26-23(30-20)27-21(15-4-2-1-3-5-15)25-19(22(27)29)12-14-6-9-17(28)10-7-14/h1-13,28H/b19-12-. The zero-order valence-corrected chi connectivity index (χ0v) is 17.1. The van der Waals surface area contributed by atoms with Gasteiger partial charge in [-0.3, -0.25) is 4.79 Å². The Morgan fingerprint density at radius 2 is 1.77 bits per heavy atom. The summed E-state index contributed by atoms with van der Waals surface area (Å²) in [4.78, 5) is 24.1. The number of fused-ring (bicyclic) bond motifs is 1. The van der Waals surface area contributed by atoms with Crippen molar-refractivity contribution in [2.75, 3.05) is 4.90 Å². The van der Waals surface area contributed by atoms with Crippen LogP contribution in [0.2, 0.25) is 5.02 Å². The minimum atomic E-state index is -0.257. The lowest BCUT2D eigenvalue weighted by molar-refractivity contribution is -0.113. The van der Waals surface area contributed by atoms with Crippen LogP contribution in [0.3, 0.4) is 0 Å². The second-order valence-electron chi connectivity index (χ2n) is 6.67. The predicted molar refractivity (Wildman–Crippen MR) is 121 cm³/mol. The molecule has 0 aliphatic carbocycles. The van der Waals surface area contributed by atoms with Gasteiger partial charge in [-0.1, -0.05) is 65.4 Å². The highest BCUT2D eigenvalue weighted by Gasteiger charge is 2.34. The van der Waals surface area contributed by atoms with Crippen molar-refractivity contribution in [2.24, 2.45) is 4.99 Å².